The summed E-state index contributed by atoms with van der Waals surface area (Å²) in [6.07, 6.45) is -1.71. The summed E-state index contributed by atoms with van der Waals surface area (Å²) in [4.78, 5) is 9.46. The van der Waals surface area contributed by atoms with Crippen LogP contribution in [0.5, 0.6) is 5.88 Å². The minimum atomic E-state index is -4.66. The first-order valence-electron chi connectivity index (χ1n) is 6.06. The van der Waals surface area contributed by atoms with E-state index < -0.39 is 17.9 Å². The van der Waals surface area contributed by atoms with Crippen LogP contribution < -0.4 is 10.5 Å². The van der Waals surface area contributed by atoms with Gasteiger partial charge in [-0.2, -0.15) is 23.4 Å². The molecule has 0 bridgehead atoms. The lowest BCUT2D eigenvalue weighted by atomic mass is 9.89. The average Bonchev–Trinajstić information content (AvgIpc) is 2.90. The second-order valence-corrected chi connectivity index (χ2v) is 4.51. The van der Waals surface area contributed by atoms with Gasteiger partial charge in [-0.15, -0.1) is 0 Å². The normalized spacial score (nSPS) is 17.6. The van der Waals surface area contributed by atoms with E-state index in [0.29, 0.717) is 5.56 Å². The van der Waals surface area contributed by atoms with Gasteiger partial charge in [0, 0.05) is 12.4 Å². The van der Waals surface area contributed by atoms with Crippen molar-refractivity contribution < 1.29 is 17.9 Å². The van der Waals surface area contributed by atoms with Crippen LogP contribution in [0.2, 0.25) is 0 Å². The molecule has 0 saturated carbocycles. The molecule has 1 aliphatic heterocycles. The molecule has 2 aromatic rings. The Bertz CT molecular complexity index is 788. The number of hydrogen-bond donors (Lipinski definition) is 2. The molecule has 6 nitrogen and oxygen atoms in total. The Kier molecular flexibility index (Phi) is 3.02. The van der Waals surface area contributed by atoms with E-state index in [1.54, 1.807) is 12.1 Å². The van der Waals surface area contributed by atoms with Crippen LogP contribution in [0.4, 0.5) is 13.2 Å². The van der Waals surface area contributed by atoms with Gasteiger partial charge in [-0.1, -0.05) is 6.07 Å². The van der Waals surface area contributed by atoms with Crippen LogP contribution in [0, 0.1) is 11.3 Å². The van der Waals surface area contributed by atoms with Crippen molar-refractivity contribution >= 4 is 0 Å². The molecule has 112 valence electrons. The maximum atomic E-state index is 12.8. The van der Waals surface area contributed by atoms with Gasteiger partial charge < -0.3 is 15.5 Å². The lowest BCUT2D eigenvalue weighted by Crippen LogP contribution is -2.21. The first-order valence-corrected chi connectivity index (χ1v) is 6.06. The number of aromatic nitrogens is 3. The van der Waals surface area contributed by atoms with Crippen molar-refractivity contribution in [1.82, 2.24) is 15.0 Å². The van der Waals surface area contributed by atoms with E-state index in [0.717, 1.165) is 0 Å². The molecular weight excluding hydrogens is 299 g/mol. The maximum absolute atomic E-state index is 12.8. The van der Waals surface area contributed by atoms with Gasteiger partial charge in [-0.3, -0.25) is 4.98 Å². The number of allylic oxidation sites excluding steroid dienone is 1. The van der Waals surface area contributed by atoms with Gasteiger partial charge in [0.15, 0.2) is 0 Å². The number of hydrogen-bond acceptors (Lipinski definition) is 5. The number of ether oxygens (including phenoxy) is 1. The first-order chi connectivity index (χ1) is 10.4. The lowest BCUT2D eigenvalue weighted by Gasteiger charge is -2.22. The number of alkyl halides is 3. The van der Waals surface area contributed by atoms with E-state index in [1.165, 1.54) is 12.4 Å². The van der Waals surface area contributed by atoms with Crippen molar-refractivity contribution in [2.75, 3.05) is 0 Å². The highest BCUT2D eigenvalue weighted by atomic mass is 19.4. The number of halogens is 3. The fourth-order valence-corrected chi connectivity index (χ4v) is 2.22. The molecule has 9 heteroatoms. The molecular formula is C13H8F3N5O. The molecule has 0 aromatic carbocycles. The van der Waals surface area contributed by atoms with Gasteiger partial charge in [-0.05, 0) is 11.6 Å². The predicted molar refractivity (Wildman–Crippen MR) is 67.1 cm³/mol. The lowest BCUT2D eigenvalue weighted by molar-refractivity contribution is -0.144. The maximum Gasteiger partial charge on any atom is 0.449 e. The number of nitrogens with one attached hydrogen (secondary N) is 1. The molecule has 22 heavy (non-hydrogen) atoms. The fourth-order valence-electron chi connectivity index (χ4n) is 2.22. The van der Waals surface area contributed by atoms with E-state index in [9.17, 15) is 18.4 Å². The molecule has 3 heterocycles. The monoisotopic (exact) mass is 307 g/mol. The number of nitrogens with zero attached hydrogens (tertiary/aromatic N) is 3. The van der Waals surface area contributed by atoms with E-state index in [-0.39, 0.29) is 23.0 Å². The first kappa shape index (κ1) is 13.9. The quantitative estimate of drug-likeness (QED) is 0.839. The number of rotatable bonds is 1. The Morgan fingerprint density at radius 1 is 1.41 bits per heavy atom. The smallest absolute Gasteiger partial charge is 0.420 e. The summed E-state index contributed by atoms with van der Waals surface area (Å²) in [6.45, 7) is 0. The summed E-state index contributed by atoms with van der Waals surface area (Å²) in [7, 11) is 0. The predicted octanol–water partition coefficient (Wildman–Crippen LogP) is 2.04. The molecule has 1 unspecified atom stereocenters. The highest BCUT2D eigenvalue weighted by Crippen LogP contribution is 2.42. The second kappa shape index (κ2) is 4.77. The zero-order valence-corrected chi connectivity index (χ0v) is 10.8. The Morgan fingerprint density at radius 3 is 2.77 bits per heavy atom. The second-order valence-electron chi connectivity index (χ2n) is 4.51. The number of imidazole rings is 1. The van der Waals surface area contributed by atoms with Crippen LogP contribution in [0.1, 0.15) is 23.0 Å². The number of fused-ring (bicyclic) bond motifs is 1. The van der Waals surface area contributed by atoms with E-state index in [4.69, 9.17) is 10.5 Å². The van der Waals surface area contributed by atoms with Crippen molar-refractivity contribution in [3.05, 3.63) is 53.1 Å². The van der Waals surface area contributed by atoms with E-state index in [2.05, 4.69) is 15.0 Å². The van der Waals surface area contributed by atoms with Crippen molar-refractivity contribution in [1.29, 1.82) is 5.26 Å². The molecule has 3 rings (SSSR count). The number of aromatic amines is 1. The third-order valence-electron chi connectivity index (χ3n) is 3.15. The molecule has 1 atom stereocenters. The molecule has 0 aliphatic carbocycles. The Balaban J connectivity index is 2.19. The van der Waals surface area contributed by atoms with Crippen molar-refractivity contribution in [3.8, 4) is 11.9 Å². The van der Waals surface area contributed by atoms with Crippen LogP contribution >= 0.6 is 0 Å². The zero-order chi connectivity index (χ0) is 15.9. The van der Waals surface area contributed by atoms with Gasteiger partial charge >= 0.3 is 6.18 Å². The largest absolute Gasteiger partial charge is 0.449 e. The minimum Gasteiger partial charge on any atom is -0.420 e. The highest BCUT2D eigenvalue weighted by Gasteiger charge is 2.40. The summed E-state index contributed by atoms with van der Waals surface area (Å²) in [5, 5.41) is 9.24. The molecule has 0 amide bonds. The zero-order valence-electron chi connectivity index (χ0n) is 10.8. The molecule has 0 radical (unpaired) electrons. The fraction of sp³-hybridized carbons (Fsp3) is 0.154. The topological polar surface area (TPSA) is 101 Å². The van der Waals surface area contributed by atoms with Crippen LogP contribution in [-0.4, -0.2) is 15.0 Å². The van der Waals surface area contributed by atoms with Gasteiger partial charge in [0.1, 0.15) is 11.6 Å². The van der Waals surface area contributed by atoms with E-state index >= 15 is 0 Å². The molecule has 0 fully saturated rings. The number of nitriles is 1. The van der Waals surface area contributed by atoms with E-state index in [1.807, 2.05) is 6.07 Å². The minimum absolute atomic E-state index is 0.00197. The Hall–Kier alpha value is -3.02. The summed E-state index contributed by atoms with van der Waals surface area (Å²) >= 11 is 0. The SMILES string of the molecule is N#CC1=C(N)Oc2nc(C(F)(F)F)[nH]c2C1c1cccnc1. The summed E-state index contributed by atoms with van der Waals surface area (Å²) in [5.41, 5.74) is 6.15. The Morgan fingerprint density at radius 2 is 2.18 bits per heavy atom. The molecule has 3 N–H and O–H groups in total. The highest BCUT2D eigenvalue weighted by molar-refractivity contribution is 5.51. The Labute approximate surface area is 122 Å². The number of pyridine rings is 1. The van der Waals surface area contributed by atoms with Gasteiger partial charge in [-0.25, -0.2) is 0 Å². The van der Waals surface area contributed by atoms with Crippen LogP contribution in [-0.2, 0) is 6.18 Å². The standard InChI is InChI=1S/C13H8F3N5O/c14-13(15,16)12-20-9-8(6-2-1-3-19-5-6)7(4-17)10(18)22-11(9)21-12/h1-3,5,8H,18H2,(H,20,21). The molecule has 0 saturated heterocycles. The third kappa shape index (κ3) is 2.14. The van der Waals surface area contributed by atoms with Crippen molar-refractivity contribution in [3.63, 3.8) is 0 Å². The summed E-state index contributed by atoms with van der Waals surface area (Å²) in [6, 6.07) is 5.10. The van der Waals surface area contributed by atoms with Crippen LogP contribution in [0.15, 0.2) is 36.0 Å². The van der Waals surface area contributed by atoms with Gasteiger partial charge in [0.2, 0.25) is 17.6 Å². The van der Waals surface area contributed by atoms with Crippen molar-refractivity contribution in [2.24, 2.45) is 5.73 Å². The average molecular weight is 307 g/mol. The molecule has 0 spiro atoms. The molecule has 2 aromatic heterocycles. The van der Waals surface area contributed by atoms with Gasteiger partial charge in [0.25, 0.3) is 0 Å². The van der Waals surface area contributed by atoms with Crippen molar-refractivity contribution in [2.45, 2.75) is 12.1 Å². The number of nitrogens with two attached hydrogens (primary N) is 1. The van der Waals surface area contributed by atoms with Crippen LogP contribution in [0.25, 0.3) is 0 Å². The van der Waals surface area contributed by atoms with Crippen LogP contribution in [0.3, 0.4) is 0 Å². The summed E-state index contributed by atoms with van der Waals surface area (Å²) < 4.78 is 43.5. The third-order valence-corrected chi connectivity index (χ3v) is 3.15. The summed E-state index contributed by atoms with van der Waals surface area (Å²) in [5.74, 6) is -2.62. The van der Waals surface area contributed by atoms with Gasteiger partial charge in [0.05, 0.1) is 11.6 Å². The number of H-pyrrole nitrogens is 1. The molecule has 1 aliphatic rings.